The third kappa shape index (κ3) is 4.47. The molecule has 3 heterocycles. The van der Waals surface area contributed by atoms with Crippen LogP contribution in [0.15, 0.2) is 77.7 Å². The lowest BCUT2D eigenvalue weighted by molar-refractivity contribution is 0.254. The lowest BCUT2D eigenvalue weighted by Crippen LogP contribution is -2.43. The van der Waals surface area contributed by atoms with Crippen molar-refractivity contribution < 1.29 is 9.21 Å². The van der Waals surface area contributed by atoms with E-state index in [4.69, 9.17) is 21.0 Å². The van der Waals surface area contributed by atoms with Crippen LogP contribution in [0.25, 0.3) is 22.6 Å². The van der Waals surface area contributed by atoms with Gasteiger partial charge in [-0.2, -0.15) is 0 Å². The molecule has 5 rings (SSSR count). The zero-order chi connectivity index (χ0) is 23.5. The normalized spacial score (nSPS) is 15.2. The highest BCUT2D eigenvalue weighted by molar-refractivity contribution is 6.30. The number of anilines is 3. The first kappa shape index (κ1) is 22.0. The van der Waals surface area contributed by atoms with Gasteiger partial charge in [0.2, 0.25) is 0 Å². The van der Waals surface area contributed by atoms with Gasteiger partial charge in [0.15, 0.2) is 18.0 Å². The van der Waals surface area contributed by atoms with E-state index in [1.165, 1.54) is 6.39 Å². The fraction of sp³-hybridized carbons (Fsp3) is 0.192. The van der Waals surface area contributed by atoms with Crippen LogP contribution >= 0.6 is 11.6 Å². The minimum Gasteiger partial charge on any atom is -0.444 e. The van der Waals surface area contributed by atoms with Crippen LogP contribution in [0.2, 0.25) is 5.02 Å². The number of aromatic nitrogens is 2. The van der Waals surface area contributed by atoms with Gasteiger partial charge in [-0.05, 0) is 49.2 Å². The van der Waals surface area contributed by atoms with Crippen LogP contribution < -0.4 is 15.5 Å². The van der Waals surface area contributed by atoms with Crippen LogP contribution in [0.5, 0.6) is 0 Å². The van der Waals surface area contributed by atoms with E-state index in [9.17, 15) is 4.79 Å². The molecule has 2 amide bonds. The number of amides is 2. The summed E-state index contributed by atoms with van der Waals surface area (Å²) in [6.45, 7) is 2.84. The molecule has 34 heavy (non-hydrogen) atoms. The van der Waals surface area contributed by atoms with E-state index in [-0.39, 0.29) is 12.1 Å². The summed E-state index contributed by atoms with van der Waals surface area (Å²) in [4.78, 5) is 24.3. The Morgan fingerprint density at radius 2 is 2.03 bits per heavy atom. The molecule has 0 unspecified atom stereocenters. The summed E-state index contributed by atoms with van der Waals surface area (Å²) in [5.74, 6) is 1.24. The number of halogens is 1. The molecule has 0 spiro atoms. The van der Waals surface area contributed by atoms with Gasteiger partial charge >= 0.3 is 6.03 Å². The standard InChI is InChI=1S/C26H24ClN5O2/c1-2-21-11-12-29-23-10-9-22(17-5-3-7-19(27)13-17)31-25(23)32(21)26(33)30-20-8-4-6-18(14-20)24-15-28-16-34-24/h3-10,13-16,21,29H,2,11-12H2,1H3,(H,30,33)/t21-/m0/s1. The van der Waals surface area contributed by atoms with Crippen molar-refractivity contribution in [2.45, 2.75) is 25.8 Å². The first-order chi connectivity index (χ1) is 16.6. The molecule has 0 radical (unpaired) electrons. The number of hydrogen-bond acceptors (Lipinski definition) is 5. The van der Waals surface area contributed by atoms with Gasteiger partial charge in [0.1, 0.15) is 0 Å². The number of rotatable bonds is 4. The first-order valence-electron chi connectivity index (χ1n) is 11.2. The number of carbonyl (C=O) groups is 1. The third-order valence-corrected chi connectivity index (χ3v) is 6.14. The lowest BCUT2D eigenvalue weighted by Gasteiger charge is -2.29. The molecule has 1 aliphatic rings. The fourth-order valence-electron chi connectivity index (χ4n) is 4.20. The van der Waals surface area contributed by atoms with Gasteiger partial charge in [-0.15, -0.1) is 0 Å². The highest BCUT2D eigenvalue weighted by Crippen LogP contribution is 2.34. The summed E-state index contributed by atoms with van der Waals surface area (Å²) >= 11 is 6.20. The number of fused-ring (bicyclic) bond motifs is 1. The molecule has 0 bridgehead atoms. The van der Waals surface area contributed by atoms with Crippen molar-refractivity contribution >= 4 is 34.8 Å². The largest absolute Gasteiger partial charge is 0.444 e. The lowest BCUT2D eigenvalue weighted by atomic mass is 10.1. The Bertz CT molecular complexity index is 1310. The molecule has 0 aliphatic carbocycles. The van der Waals surface area contributed by atoms with Gasteiger partial charge in [0, 0.05) is 34.4 Å². The van der Waals surface area contributed by atoms with E-state index in [0.717, 1.165) is 41.9 Å². The average molecular weight is 474 g/mol. The Morgan fingerprint density at radius 1 is 1.18 bits per heavy atom. The summed E-state index contributed by atoms with van der Waals surface area (Å²) in [6.07, 6.45) is 4.64. The van der Waals surface area contributed by atoms with Gasteiger partial charge < -0.3 is 15.1 Å². The topological polar surface area (TPSA) is 83.3 Å². The maximum atomic E-state index is 13.6. The van der Waals surface area contributed by atoms with Crippen molar-refractivity contribution in [3.05, 3.63) is 78.3 Å². The average Bonchev–Trinajstić information content (AvgIpc) is 3.32. The Kier molecular flexibility index (Phi) is 6.18. The molecule has 0 fully saturated rings. The van der Waals surface area contributed by atoms with Crippen LogP contribution in [-0.2, 0) is 0 Å². The Morgan fingerprint density at radius 3 is 2.82 bits per heavy atom. The monoisotopic (exact) mass is 473 g/mol. The zero-order valence-corrected chi connectivity index (χ0v) is 19.4. The SMILES string of the molecule is CC[C@H]1CCNc2ccc(-c3cccc(Cl)c3)nc2N1C(=O)Nc1cccc(-c2cnco2)c1. The number of oxazole rings is 1. The Labute approximate surface area is 202 Å². The van der Waals surface area contributed by atoms with E-state index in [2.05, 4.69) is 22.5 Å². The summed E-state index contributed by atoms with van der Waals surface area (Å²) < 4.78 is 5.40. The number of nitrogens with zero attached hydrogens (tertiary/aromatic N) is 3. The molecule has 2 aromatic heterocycles. The molecule has 1 aliphatic heterocycles. The van der Waals surface area contributed by atoms with Gasteiger partial charge in [0.25, 0.3) is 0 Å². The summed E-state index contributed by atoms with van der Waals surface area (Å²) in [6, 6.07) is 18.7. The Balaban J connectivity index is 1.50. The van der Waals surface area contributed by atoms with Crippen molar-refractivity contribution in [2.24, 2.45) is 0 Å². The highest BCUT2D eigenvalue weighted by atomic mass is 35.5. The minimum absolute atomic E-state index is 0.00619. The molecule has 0 saturated heterocycles. The van der Waals surface area contributed by atoms with Crippen LogP contribution in [0.1, 0.15) is 19.8 Å². The zero-order valence-electron chi connectivity index (χ0n) is 18.7. The predicted molar refractivity (Wildman–Crippen MR) is 135 cm³/mol. The molecule has 4 aromatic rings. The number of nitrogens with one attached hydrogen (secondary N) is 2. The molecule has 0 saturated carbocycles. The maximum Gasteiger partial charge on any atom is 0.327 e. The third-order valence-electron chi connectivity index (χ3n) is 5.90. The Hall–Kier alpha value is -3.84. The van der Waals surface area contributed by atoms with Crippen molar-refractivity contribution in [2.75, 3.05) is 22.1 Å². The number of benzene rings is 2. The van der Waals surface area contributed by atoms with Crippen molar-refractivity contribution in [1.82, 2.24) is 9.97 Å². The smallest absolute Gasteiger partial charge is 0.327 e. The van der Waals surface area contributed by atoms with Crippen LogP contribution in [0.3, 0.4) is 0 Å². The van der Waals surface area contributed by atoms with Gasteiger partial charge in [0.05, 0.1) is 17.6 Å². The van der Waals surface area contributed by atoms with Crippen LogP contribution in [0, 0.1) is 0 Å². The van der Waals surface area contributed by atoms with Crippen LogP contribution in [-0.4, -0.2) is 28.6 Å². The number of carbonyl (C=O) groups excluding carboxylic acids is 1. The summed E-state index contributed by atoms with van der Waals surface area (Å²) in [5, 5.41) is 7.12. The molecule has 1 atom stereocenters. The molecular formula is C26H24ClN5O2. The van der Waals surface area contributed by atoms with Gasteiger partial charge in [-0.3, -0.25) is 4.90 Å². The van der Waals surface area contributed by atoms with E-state index < -0.39 is 0 Å². The number of hydrogen-bond donors (Lipinski definition) is 2. The molecule has 7 nitrogen and oxygen atoms in total. The molecule has 2 aromatic carbocycles. The van der Waals surface area contributed by atoms with E-state index in [1.54, 1.807) is 11.1 Å². The first-order valence-corrected chi connectivity index (χ1v) is 11.6. The van der Waals surface area contributed by atoms with E-state index in [1.807, 2.05) is 60.7 Å². The van der Waals surface area contributed by atoms with Crippen molar-refractivity contribution in [1.29, 1.82) is 0 Å². The second-order valence-electron chi connectivity index (χ2n) is 8.10. The molecule has 172 valence electrons. The quantitative estimate of drug-likeness (QED) is 0.345. The van der Waals surface area contributed by atoms with Gasteiger partial charge in [-0.1, -0.05) is 42.8 Å². The molecular weight excluding hydrogens is 450 g/mol. The van der Waals surface area contributed by atoms with E-state index >= 15 is 0 Å². The fourth-order valence-corrected chi connectivity index (χ4v) is 4.39. The predicted octanol–water partition coefficient (Wildman–Crippen LogP) is 6.69. The van der Waals surface area contributed by atoms with Crippen molar-refractivity contribution in [3.63, 3.8) is 0 Å². The summed E-state index contributed by atoms with van der Waals surface area (Å²) in [5.41, 5.74) is 3.98. The molecule has 8 heteroatoms. The van der Waals surface area contributed by atoms with Gasteiger partial charge in [-0.25, -0.2) is 14.8 Å². The second kappa shape index (κ2) is 9.57. The number of urea groups is 1. The molecule has 2 N–H and O–H groups in total. The minimum atomic E-state index is -0.234. The van der Waals surface area contributed by atoms with Crippen LogP contribution in [0.4, 0.5) is 22.0 Å². The highest BCUT2D eigenvalue weighted by Gasteiger charge is 2.30. The second-order valence-corrected chi connectivity index (χ2v) is 8.54. The number of pyridine rings is 1. The maximum absolute atomic E-state index is 13.6. The van der Waals surface area contributed by atoms with Crippen molar-refractivity contribution in [3.8, 4) is 22.6 Å². The summed E-state index contributed by atoms with van der Waals surface area (Å²) in [7, 11) is 0. The van der Waals surface area contributed by atoms with E-state index in [0.29, 0.717) is 22.3 Å².